The zero-order valence-electron chi connectivity index (χ0n) is 28.9. The maximum atomic E-state index is 4.45. The smallest absolute Gasteiger partial charge is 0.252 e. The minimum atomic E-state index is -0.0275. The second-order valence-electron chi connectivity index (χ2n) is 13.9. The number of fused-ring (bicyclic) bond motifs is 7. The molecule has 246 valence electrons. The summed E-state index contributed by atoms with van der Waals surface area (Å²) in [7, 11) is 0. The molecule has 0 spiro atoms. The molecule has 0 fully saturated rings. The van der Waals surface area contributed by atoms with Crippen molar-refractivity contribution in [1.82, 2.24) is 4.98 Å². The van der Waals surface area contributed by atoms with Crippen molar-refractivity contribution in [2.24, 2.45) is 0 Å². The molecule has 0 radical (unpaired) electrons. The number of hydrogen-bond donors (Lipinski definition) is 0. The molecule has 0 bridgehead atoms. The van der Waals surface area contributed by atoms with E-state index < -0.39 is 0 Å². The van der Waals surface area contributed by atoms with Crippen molar-refractivity contribution >= 4 is 97.4 Å². The lowest BCUT2D eigenvalue weighted by Crippen LogP contribution is -2.66. The third-order valence-electron chi connectivity index (χ3n) is 11.2. The molecule has 6 heteroatoms. The number of para-hydroxylation sites is 5. The van der Waals surface area contributed by atoms with Gasteiger partial charge in [-0.3, -0.25) is 4.98 Å². The maximum absolute atomic E-state index is 4.45. The topological polar surface area (TPSA) is 22.6 Å². The normalized spacial score (nSPS) is 13.5. The molecule has 0 unspecified atom stereocenters. The van der Waals surface area contributed by atoms with E-state index >= 15 is 0 Å². The van der Waals surface area contributed by atoms with Gasteiger partial charge in [0.2, 0.25) is 6.71 Å². The van der Waals surface area contributed by atoms with Gasteiger partial charge in [0.25, 0.3) is 6.71 Å². The molecule has 0 N–H and O–H groups in total. The minimum Gasteiger partial charge on any atom is -0.312 e. The molecule has 1 aromatic heterocycles. The third kappa shape index (κ3) is 4.42. The van der Waals surface area contributed by atoms with Crippen LogP contribution in [0.3, 0.4) is 0 Å². The van der Waals surface area contributed by atoms with Crippen molar-refractivity contribution in [3.8, 4) is 0 Å². The quantitative estimate of drug-likeness (QED) is 0.181. The van der Waals surface area contributed by atoms with E-state index in [0.717, 1.165) is 22.7 Å². The van der Waals surface area contributed by atoms with Crippen LogP contribution in [-0.4, -0.2) is 18.4 Å². The van der Waals surface area contributed by atoms with Crippen LogP contribution in [0.15, 0.2) is 194 Å². The summed E-state index contributed by atoms with van der Waals surface area (Å²) in [5.74, 6) is 0. The summed E-state index contributed by atoms with van der Waals surface area (Å²) in [5, 5.41) is 0. The largest absolute Gasteiger partial charge is 0.312 e. The first-order valence-corrected chi connectivity index (χ1v) is 18.3. The molecule has 4 nitrogen and oxygen atoms in total. The number of nitrogens with zero attached hydrogens (tertiary/aromatic N) is 4. The predicted octanol–water partition coefficient (Wildman–Crippen LogP) is 7.46. The molecule has 0 aliphatic carbocycles. The molecule has 11 rings (SSSR count). The molecule has 3 aliphatic heterocycles. The van der Waals surface area contributed by atoms with Gasteiger partial charge in [-0.1, -0.05) is 127 Å². The number of benzene rings is 7. The highest BCUT2D eigenvalue weighted by molar-refractivity contribution is 7.03. The maximum Gasteiger partial charge on any atom is 0.252 e. The van der Waals surface area contributed by atoms with Crippen LogP contribution in [0.5, 0.6) is 0 Å². The number of anilines is 9. The van der Waals surface area contributed by atoms with Crippen LogP contribution >= 0.6 is 0 Å². The van der Waals surface area contributed by atoms with E-state index in [0.29, 0.717) is 0 Å². The fourth-order valence-electron chi connectivity index (χ4n) is 9.14. The van der Waals surface area contributed by atoms with E-state index in [2.05, 4.69) is 202 Å². The Kier molecular flexibility index (Phi) is 6.71. The summed E-state index contributed by atoms with van der Waals surface area (Å²) in [5.41, 5.74) is 18.3. The van der Waals surface area contributed by atoms with E-state index in [1.807, 2.05) is 12.4 Å². The van der Waals surface area contributed by atoms with Crippen LogP contribution in [0.2, 0.25) is 0 Å². The Labute approximate surface area is 310 Å². The van der Waals surface area contributed by atoms with Crippen molar-refractivity contribution in [2.45, 2.75) is 0 Å². The molecule has 7 aromatic carbocycles. The second-order valence-corrected chi connectivity index (χ2v) is 13.9. The minimum absolute atomic E-state index is 0.0275. The van der Waals surface area contributed by atoms with Crippen LogP contribution in [0.4, 0.5) is 51.2 Å². The Morgan fingerprint density at radius 3 is 1.28 bits per heavy atom. The summed E-state index contributed by atoms with van der Waals surface area (Å²) < 4.78 is 0. The lowest BCUT2D eigenvalue weighted by Gasteiger charge is -2.48. The van der Waals surface area contributed by atoms with Crippen molar-refractivity contribution in [3.05, 3.63) is 194 Å². The first-order valence-electron chi connectivity index (χ1n) is 18.3. The summed E-state index contributed by atoms with van der Waals surface area (Å²) in [6.07, 6.45) is 3.80. The van der Waals surface area contributed by atoms with E-state index in [1.165, 1.54) is 61.2 Å². The lowest BCUT2D eigenvalue weighted by molar-refractivity contribution is 1.22. The van der Waals surface area contributed by atoms with Gasteiger partial charge in [0.15, 0.2) is 0 Å². The van der Waals surface area contributed by atoms with Gasteiger partial charge in [-0.15, -0.1) is 0 Å². The molecular formula is C47H32B2N4. The summed E-state index contributed by atoms with van der Waals surface area (Å²) in [6, 6.07) is 66.6. The van der Waals surface area contributed by atoms with Gasteiger partial charge >= 0.3 is 0 Å². The molecule has 0 saturated carbocycles. The zero-order valence-corrected chi connectivity index (χ0v) is 28.9. The average Bonchev–Trinajstić information content (AvgIpc) is 3.24. The highest BCUT2D eigenvalue weighted by Crippen LogP contribution is 2.48. The van der Waals surface area contributed by atoms with Gasteiger partial charge in [-0.05, 0) is 88.0 Å². The third-order valence-corrected chi connectivity index (χ3v) is 11.2. The molecule has 3 aliphatic rings. The SMILES string of the molecule is c1ccc(B2c3ccccc3N(c3ccncc3)c3cc4c5c(c32)N(c2ccccc2)c2ccccc2B5c2ccccc2N4c2ccccc2)cc1. The average molecular weight is 674 g/mol. The number of rotatable bonds is 4. The molecular weight excluding hydrogens is 642 g/mol. The zero-order chi connectivity index (χ0) is 34.9. The van der Waals surface area contributed by atoms with Crippen molar-refractivity contribution < 1.29 is 0 Å². The summed E-state index contributed by atoms with van der Waals surface area (Å²) >= 11 is 0. The monoisotopic (exact) mass is 674 g/mol. The Bertz CT molecular complexity index is 2640. The van der Waals surface area contributed by atoms with Crippen LogP contribution < -0.4 is 47.5 Å². The molecule has 0 saturated heterocycles. The van der Waals surface area contributed by atoms with Gasteiger partial charge in [0, 0.05) is 63.6 Å². The second kappa shape index (κ2) is 11.9. The van der Waals surface area contributed by atoms with Crippen molar-refractivity contribution in [2.75, 3.05) is 14.7 Å². The number of hydrogen-bond acceptors (Lipinski definition) is 4. The molecule has 8 aromatic rings. The Morgan fingerprint density at radius 2 is 0.736 bits per heavy atom. The molecule has 53 heavy (non-hydrogen) atoms. The van der Waals surface area contributed by atoms with Crippen molar-refractivity contribution in [1.29, 1.82) is 0 Å². The molecule has 4 heterocycles. The van der Waals surface area contributed by atoms with Gasteiger partial charge in [0.05, 0.1) is 0 Å². The van der Waals surface area contributed by atoms with Gasteiger partial charge in [-0.2, -0.15) is 0 Å². The fourth-order valence-corrected chi connectivity index (χ4v) is 9.14. The Morgan fingerprint density at radius 1 is 0.340 bits per heavy atom. The van der Waals surface area contributed by atoms with Crippen LogP contribution in [0.25, 0.3) is 0 Å². The highest BCUT2D eigenvalue weighted by atomic mass is 15.2. The first-order chi connectivity index (χ1) is 26.4. The van der Waals surface area contributed by atoms with E-state index in [-0.39, 0.29) is 13.4 Å². The van der Waals surface area contributed by atoms with Crippen LogP contribution in [0.1, 0.15) is 0 Å². The van der Waals surface area contributed by atoms with Gasteiger partial charge in [0.1, 0.15) is 0 Å². The lowest BCUT2D eigenvalue weighted by atomic mass is 9.30. The number of pyridine rings is 1. The Hall–Kier alpha value is -6.78. The summed E-state index contributed by atoms with van der Waals surface area (Å²) in [4.78, 5) is 12.0. The predicted molar refractivity (Wildman–Crippen MR) is 224 cm³/mol. The van der Waals surface area contributed by atoms with E-state index in [4.69, 9.17) is 0 Å². The molecule has 0 amide bonds. The van der Waals surface area contributed by atoms with Gasteiger partial charge < -0.3 is 14.7 Å². The van der Waals surface area contributed by atoms with E-state index in [9.17, 15) is 0 Å². The number of aromatic nitrogens is 1. The summed E-state index contributed by atoms with van der Waals surface area (Å²) in [6.45, 7) is 0.000788. The molecule has 0 atom stereocenters. The fraction of sp³-hybridized carbons (Fsp3) is 0. The first kappa shape index (κ1) is 29.9. The van der Waals surface area contributed by atoms with Crippen LogP contribution in [0, 0.1) is 0 Å². The van der Waals surface area contributed by atoms with Crippen molar-refractivity contribution in [3.63, 3.8) is 0 Å². The highest BCUT2D eigenvalue weighted by Gasteiger charge is 2.48. The standard InChI is InChI=1S/C47H32B2N4/c1-4-16-33(17-5-1)48-37-22-10-13-25-40(37)52(36-28-30-50-31-29-36)43-32-44-46-47(45(43)48)53(35-20-8-3-9-21-35)42-27-15-12-24-39(42)49(46)38-23-11-14-26-41(38)51(44)34-18-6-2-7-19-34/h1-32H. The van der Waals surface area contributed by atoms with E-state index in [1.54, 1.807) is 0 Å². The van der Waals surface area contributed by atoms with Crippen LogP contribution in [-0.2, 0) is 0 Å². The van der Waals surface area contributed by atoms with Gasteiger partial charge in [-0.25, -0.2) is 0 Å². The Balaban J connectivity index is 1.36.